The molecule has 4 aliphatic rings. The van der Waals surface area contributed by atoms with E-state index < -0.39 is 12.3 Å². The maximum Gasteiger partial charge on any atom is 0.118 e. The Balaban J connectivity index is 0.000000153. The maximum absolute atomic E-state index is 14.2. The molecule has 150 valence electrons. The standard InChI is InChI=1S/C15H20FN.C8H14FN/c16-15-13-7-6-12(8-13)9-14(15)17-10-11-4-2-1-3-5-11;9-8-6-2-1-5(3-6)4-7(8)10/h1-5,12-15,17H,6-10H2;5-8H,1-4,10H2/t12-,13+,14+,15-;5-,6+,7+,8-/m11/s1. The van der Waals surface area contributed by atoms with Crippen molar-refractivity contribution < 1.29 is 8.78 Å². The second kappa shape index (κ2) is 8.57. The van der Waals surface area contributed by atoms with Gasteiger partial charge < -0.3 is 11.1 Å². The molecular weight excluding hydrogens is 342 g/mol. The van der Waals surface area contributed by atoms with Gasteiger partial charge >= 0.3 is 0 Å². The van der Waals surface area contributed by atoms with Crippen LogP contribution in [0.3, 0.4) is 0 Å². The molecule has 0 saturated heterocycles. The molecule has 4 aliphatic carbocycles. The maximum atomic E-state index is 14.2. The van der Waals surface area contributed by atoms with E-state index in [1.807, 2.05) is 18.2 Å². The first-order chi connectivity index (χ1) is 13.1. The van der Waals surface area contributed by atoms with Crippen LogP contribution in [0.15, 0.2) is 30.3 Å². The highest BCUT2D eigenvalue weighted by Crippen LogP contribution is 2.44. The number of nitrogens with two attached hydrogens (primary N) is 1. The van der Waals surface area contributed by atoms with Crippen LogP contribution in [0.1, 0.15) is 56.9 Å². The molecule has 8 atom stereocenters. The van der Waals surface area contributed by atoms with E-state index in [4.69, 9.17) is 5.73 Å². The molecule has 0 aromatic heterocycles. The average molecular weight is 377 g/mol. The monoisotopic (exact) mass is 376 g/mol. The molecular formula is C23H34F2N2. The van der Waals surface area contributed by atoms with Crippen molar-refractivity contribution in [3.05, 3.63) is 35.9 Å². The number of halogens is 2. The molecule has 0 aliphatic heterocycles. The lowest BCUT2D eigenvalue weighted by Crippen LogP contribution is -2.44. The Hall–Kier alpha value is -1.00. The van der Waals surface area contributed by atoms with E-state index in [-0.39, 0.29) is 12.1 Å². The second-order valence-corrected chi connectivity index (χ2v) is 9.38. The van der Waals surface area contributed by atoms with Crippen LogP contribution >= 0.6 is 0 Å². The van der Waals surface area contributed by atoms with Crippen molar-refractivity contribution in [1.29, 1.82) is 0 Å². The molecule has 4 heteroatoms. The Morgan fingerprint density at radius 2 is 1.44 bits per heavy atom. The number of hydrogen-bond donors (Lipinski definition) is 2. The van der Waals surface area contributed by atoms with E-state index in [0.717, 1.165) is 56.9 Å². The molecule has 2 nitrogen and oxygen atoms in total. The Labute approximate surface area is 162 Å². The molecule has 0 heterocycles. The van der Waals surface area contributed by atoms with Crippen molar-refractivity contribution >= 4 is 0 Å². The molecule has 5 rings (SSSR count). The summed E-state index contributed by atoms with van der Waals surface area (Å²) in [6.45, 7) is 0.797. The van der Waals surface area contributed by atoms with Gasteiger partial charge in [0.2, 0.25) is 0 Å². The van der Waals surface area contributed by atoms with Crippen LogP contribution in [0.4, 0.5) is 8.78 Å². The van der Waals surface area contributed by atoms with E-state index in [1.54, 1.807) is 0 Å². The quantitative estimate of drug-likeness (QED) is 0.797. The summed E-state index contributed by atoms with van der Waals surface area (Å²) >= 11 is 0. The van der Waals surface area contributed by atoms with Crippen LogP contribution in [0.2, 0.25) is 0 Å². The fourth-order valence-corrected chi connectivity index (χ4v) is 5.96. The topological polar surface area (TPSA) is 38.0 Å². The first-order valence-corrected chi connectivity index (χ1v) is 10.9. The number of alkyl halides is 2. The Kier molecular flexibility index (Phi) is 6.13. The number of hydrogen-bond acceptors (Lipinski definition) is 2. The van der Waals surface area contributed by atoms with Gasteiger partial charge in [0.1, 0.15) is 12.3 Å². The zero-order valence-corrected chi connectivity index (χ0v) is 16.2. The Morgan fingerprint density at radius 1 is 0.815 bits per heavy atom. The second-order valence-electron chi connectivity index (χ2n) is 9.38. The average Bonchev–Trinajstić information content (AvgIpc) is 3.29. The normalized spacial score (nSPS) is 42.5. The first kappa shape index (κ1) is 19.3. The van der Waals surface area contributed by atoms with E-state index in [9.17, 15) is 8.78 Å². The molecule has 0 unspecified atom stereocenters. The minimum absolute atomic E-state index is 0.0847. The van der Waals surface area contributed by atoms with Crippen molar-refractivity contribution in [2.24, 2.45) is 29.4 Å². The van der Waals surface area contributed by atoms with Crippen LogP contribution < -0.4 is 11.1 Å². The van der Waals surface area contributed by atoms with Gasteiger partial charge in [0, 0.05) is 18.6 Å². The van der Waals surface area contributed by atoms with Gasteiger partial charge in [-0.05, 0) is 67.8 Å². The van der Waals surface area contributed by atoms with E-state index >= 15 is 0 Å². The van der Waals surface area contributed by atoms with Gasteiger partial charge in [-0.15, -0.1) is 0 Å². The number of nitrogens with one attached hydrogen (secondary N) is 1. The minimum Gasteiger partial charge on any atom is -0.325 e. The molecule has 4 saturated carbocycles. The minimum atomic E-state index is -0.696. The molecule has 3 N–H and O–H groups in total. The highest BCUT2D eigenvalue weighted by atomic mass is 19.1. The SMILES string of the molecule is F[C@@H]1[C@H]2CC[C@H](C2)C[C@@H]1NCc1ccccc1.N[C@H]1C[C@@H]2CC[C@@H](C2)[C@H]1F. The van der Waals surface area contributed by atoms with Crippen molar-refractivity contribution in [2.75, 3.05) is 0 Å². The summed E-state index contributed by atoms with van der Waals surface area (Å²) in [6, 6.07) is 10.2. The highest BCUT2D eigenvalue weighted by molar-refractivity contribution is 5.14. The predicted molar refractivity (Wildman–Crippen MR) is 106 cm³/mol. The molecule has 0 radical (unpaired) electrons. The first-order valence-electron chi connectivity index (χ1n) is 10.9. The lowest BCUT2D eigenvalue weighted by atomic mass is 9.84. The van der Waals surface area contributed by atoms with Gasteiger partial charge in [-0.1, -0.05) is 43.2 Å². The van der Waals surface area contributed by atoms with Gasteiger partial charge in [-0.25, -0.2) is 8.78 Å². The fraction of sp³-hybridized carbons (Fsp3) is 0.739. The lowest BCUT2D eigenvalue weighted by Gasteiger charge is -2.32. The summed E-state index contributed by atoms with van der Waals surface area (Å²) in [5.74, 6) is 2.18. The van der Waals surface area contributed by atoms with Gasteiger partial charge in [-0.2, -0.15) is 0 Å². The van der Waals surface area contributed by atoms with Crippen LogP contribution in [0, 0.1) is 23.7 Å². The van der Waals surface area contributed by atoms with Crippen LogP contribution in [0.25, 0.3) is 0 Å². The van der Waals surface area contributed by atoms with Crippen molar-refractivity contribution in [1.82, 2.24) is 5.32 Å². The van der Waals surface area contributed by atoms with Crippen molar-refractivity contribution in [3.63, 3.8) is 0 Å². The van der Waals surface area contributed by atoms with E-state index in [0.29, 0.717) is 11.8 Å². The summed E-state index contributed by atoms with van der Waals surface area (Å²) in [5.41, 5.74) is 6.87. The molecule has 27 heavy (non-hydrogen) atoms. The number of benzene rings is 1. The van der Waals surface area contributed by atoms with Crippen LogP contribution in [-0.2, 0) is 6.54 Å². The summed E-state index contributed by atoms with van der Waals surface area (Å²) < 4.78 is 27.3. The summed E-state index contributed by atoms with van der Waals surface area (Å²) in [7, 11) is 0. The Bertz CT molecular complexity index is 595. The third-order valence-electron chi connectivity index (χ3n) is 7.46. The third-order valence-corrected chi connectivity index (χ3v) is 7.46. The zero-order chi connectivity index (χ0) is 18.8. The summed E-state index contributed by atoms with van der Waals surface area (Å²) in [4.78, 5) is 0. The molecule has 1 aromatic carbocycles. The summed E-state index contributed by atoms with van der Waals surface area (Å²) in [6.07, 6.45) is 7.53. The van der Waals surface area contributed by atoms with Gasteiger partial charge in [-0.3, -0.25) is 0 Å². The molecule has 0 amide bonds. The van der Waals surface area contributed by atoms with Gasteiger partial charge in [0.25, 0.3) is 0 Å². The number of rotatable bonds is 3. The summed E-state index contributed by atoms with van der Waals surface area (Å²) in [5, 5.41) is 3.41. The van der Waals surface area contributed by atoms with Crippen molar-refractivity contribution in [3.8, 4) is 0 Å². The van der Waals surface area contributed by atoms with Gasteiger partial charge in [0.05, 0.1) is 0 Å². The molecule has 1 aromatic rings. The van der Waals surface area contributed by atoms with Crippen LogP contribution in [0.5, 0.6) is 0 Å². The predicted octanol–water partition coefficient (Wildman–Crippen LogP) is 4.77. The zero-order valence-electron chi connectivity index (χ0n) is 16.2. The van der Waals surface area contributed by atoms with E-state index in [2.05, 4.69) is 17.4 Å². The molecule has 4 fully saturated rings. The van der Waals surface area contributed by atoms with Crippen molar-refractivity contribution in [2.45, 2.75) is 82.3 Å². The highest BCUT2D eigenvalue weighted by Gasteiger charge is 2.42. The fourth-order valence-electron chi connectivity index (χ4n) is 5.96. The Morgan fingerprint density at radius 3 is 2.15 bits per heavy atom. The molecule has 0 spiro atoms. The third kappa shape index (κ3) is 4.54. The lowest BCUT2D eigenvalue weighted by molar-refractivity contribution is 0.125. The van der Waals surface area contributed by atoms with Gasteiger partial charge in [0.15, 0.2) is 0 Å². The largest absolute Gasteiger partial charge is 0.325 e. The van der Waals surface area contributed by atoms with E-state index in [1.165, 1.54) is 18.4 Å². The van der Waals surface area contributed by atoms with Crippen LogP contribution in [-0.4, -0.2) is 24.4 Å². The molecule has 4 bridgehead atoms. The number of fused-ring (bicyclic) bond motifs is 4. The smallest absolute Gasteiger partial charge is 0.118 e.